The number of benzene rings is 3. The van der Waals surface area contributed by atoms with Gasteiger partial charge in [0.15, 0.2) is 0 Å². The van der Waals surface area contributed by atoms with Gasteiger partial charge in [0.05, 0.1) is 17.6 Å². The summed E-state index contributed by atoms with van der Waals surface area (Å²) in [7, 11) is 0. The molecule has 3 aromatic carbocycles. The lowest BCUT2D eigenvalue weighted by atomic mass is 10.0. The monoisotopic (exact) mass is 489 g/mol. The van der Waals surface area contributed by atoms with Gasteiger partial charge in [-0.05, 0) is 54.8 Å². The van der Waals surface area contributed by atoms with E-state index >= 15 is 0 Å². The van der Waals surface area contributed by atoms with Gasteiger partial charge in [0.2, 0.25) is 10.8 Å². The van der Waals surface area contributed by atoms with E-state index < -0.39 is 4.87 Å². The molecule has 1 fully saturated rings. The first-order valence-corrected chi connectivity index (χ1v) is 12.7. The highest BCUT2D eigenvalue weighted by Crippen LogP contribution is 2.57. The van der Waals surface area contributed by atoms with Crippen molar-refractivity contribution in [2.24, 2.45) is 0 Å². The molecule has 0 bridgehead atoms. The molecule has 0 aromatic heterocycles. The van der Waals surface area contributed by atoms with Crippen LogP contribution in [-0.2, 0) is 27.4 Å². The fraction of sp³-hybridized carbons (Fsp3) is 0.259. The maximum Gasteiger partial charge on any atom is 0.269 e. The standard InChI is InChI=1S/C27H24ClN3O2S/c1-18-25(32)31(22-12-10-21(28)11-13-22)27(34-18)23-8-4-5-9-24(23)30(26(27)33)17-29-15-14-19-6-2-3-7-20(19)16-29/h2-13,18H,14-17H2,1H3/t18-,27+/m0/s1. The van der Waals surface area contributed by atoms with Crippen molar-refractivity contribution >= 4 is 46.6 Å². The van der Waals surface area contributed by atoms with Gasteiger partial charge in [0.1, 0.15) is 0 Å². The van der Waals surface area contributed by atoms with Crippen LogP contribution in [0.1, 0.15) is 23.6 Å². The number of amides is 2. The predicted molar refractivity (Wildman–Crippen MR) is 137 cm³/mol. The third-order valence-corrected chi connectivity index (χ3v) is 8.69. The number of para-hydroxylation sites is 1. The highest BCUT2D eigenvalue weighted by atomic mass is 35.5. The third kappa shape index (κ3) is 3.20. The van der Waals surface area contributed by atoms with E-state index in [1.165, 1.54) is 22.9 Å². The van der Waals surface area contributed by atoms with Crippen LogP contribution in [0.3, 0.4) is 0 Å². The van der Waals surface area contributed by atoms with Crippen LogP contribution < -0.4 is 9.80 Å². The Bertz CT molecular complexity index is 1300. The quantitative estimate of drug-likeness (QED) is 0.518. The molecule has 7 heteroatoms. The minimum absolute atomic E-state index is 0.0646. The SMILES string of the molecule is C[C@@H]1S[C@]2(C(=O)N(CN3CCc4ccccc4C3)c3ccccc32)N(c2ccc(Cl)cc2)C1=O. The number of carbonyl (C=O) groups is 2. The molecule has 3 aliphatic heterocycles. The lowest BCUT2D eigenvalue weighted by Crippen LogP contribution is -2.52. The maximum absolute atomic E-state index is 14.3. The number of fused-ring (bicyclic) bond motifs is 3. The molecule has 3 heterocycles. The topological polar surface area (TPSA) is 43.9 Å². The first-order chi connectivity index (χ1) is 16.5. The molecule has 3 aliphatic rings. The number of halogens is 1. The van der Waals surface area contributed by atoms with Crippen LogP contribution in [0, 0.1) is 0 Å². The molecule has 0 unspecified atom stereocenters. The molecule has 0 radical (unpaired) electrons. The number of nitrogens with zero attached hydrogens (tertiary/aromatic N) is 3. The molecule has 172 valence electrons. The van der Waals surface area contributed by atoms with Crippen LogP contribution in [0.25, 0.3) is 0 Å². The summed E-state index contributed by atoms with van der Waals surface area (Å²) in [4.78, 5) is 32.5. The summed E-state index contributed by atoms with van der Waals surface area (Å²) >= 11 is 7.55. The van der Waals surface area contributed by atoms with Crippen LogP contribution in [0.5, 0.6) is 0 Å². The number of carbonyl (C=O) groups excluding carboxylic acids is 2. The Hall–Kier alpha value is -2.80. The largest absolute Gasteiger partial charge is 0.295 e. The normalized spacial score (nSPS) is 24.1. The van der Waals surface area contributed by atoms with Gasteiger partial charge in [-0.15, -0.1) is 11.8 Å². The molecule has 0 N–H and O–H groups in total. The van der Waals surface area contributed by atoms with Crippen molar-refractivity contribution in [3.05, 3.63) is 94.5 Å². The van der Waals surface area contributed by atoms with Gasteiger partial charge >= 0.3 is 0 Å². The minimum atomic E-state index is -1.12. The van der Waals surface area contributed by atoms with Crippen LogP contribution in [-0.4, -0.2) is 35.2 Å². The molecular weight excluding hydrogens is 466 g/mol. The van der Waals surface area contributed by atoms with Crippen LogP contribution in [0.15, 0.2) is 72.8 Å². The molecular formula is C27H24ClN3O2S. The van der Waals surface area contributed by atoms with Crippen molar-refractivity contribution in [1.29, 1.82) is 0 Å². The maximum atomic E-state index is 14.3. The van der Waals surface area contributed by atoms with Gasteiger partial charge in [-0.1, -0.05) is 54.1 Å². The molecule has 2 amide bonds. The molecule has 0 saturated carbocycles. The van der Waals surface area contributed by atoms with Crippen molar-refractivity contribution in [3.63, 3.8) is 0 Å². The van der Waals surface area contributed by atoms with Crippen molar-refractivity contribution in [1.82, 2.24) is 4.90 Å². The molecule has 3 aromatic rings. The van der Waals surface area contributed by atoms with Crippen molar-refractivity contribution in [3.8, 4) is 0 Å². The molecule has 1 saturated heterocycles. The zero-order valence-corrected chi connectivity index (χ0v) is 20.4. The zero-order chi connectivity index (χ0) is 23.4. The van der Waals surface area contributed by atoms with Gasteiger partial charge < -0.3 is 0 Å². The lowest BCUT2D eigenvalue weighted by molar-refractivity contribution is -0.124. The summed E-state index contributed by atoms with van der Waals surface area (Å²) < 4.78 is 0. The van der Waals surface area contributed by atoms with Crippen LogP contribution in [0.2, 0.25) is 5.02 Å². The minimum Gasteiger partial charge on any atom is -0.295 e. The summed E-state index contributed by atoms with van der Waals surface area (Å²) in [6.45, 7) is 4.06. The second-order valence-electron chi connectivity index (χ2n) is 9.02. The highest BCUT2D eigenvalue weighted by molar-refractivity contribution is 8.03. The van der Waals surface area contributed by atoms with Gasteiger partial charge in [0.25, 0.3) is 5.91 Å². The van der Waals surface area contributed by atoms with E-state index in [2.05, 4.69) is 29.2 Å². The number of hydrogen-bond acceptors (Lipinski definition) is 4. The van der Waals surface area contributed by atoms with Crippen molar-refractivity contribution < 1.29 is 9.59 Å². The predicted octanol–water partition coefficient (Wildman–Crippen LogP) is 5.02. The van der Waals surface area contributed by atoms with Crippen molar-refractivity contribution in [2.75, 3.05) is 23.0 Å². The van der Waals surface area contributed by atoms with E-state index in [0.29, 0.717) is 17.4 Å². The average Bonchev–Trinajstić information content (AvgIpc) is 3.25. The van der Waals surface area contributed by atoms with Crippen LogP contribution >= 0.6 is 23.4 Å². The highest BCUT2D eigenvalue weighted by Gasteiger charge is 2.63. The Kier molecular flexibility index (Phi) is 5.21. The van der Waals surface area contributed by atoms with Crippen LogP contribution in [0.4, 0.5) is 11.4 Å². The number of hydrogen-bond donors (Lipinski definition) is 0. The molecule has 5 nitrogen and oxygen atoms in total. The first kappa shape index (κ1) is 21.7. The van der Waals surface area contributed by atoms with E-state index in [9.17, 15) is 9.59 Å². The molecule has 1 spiro atoms. The summed E-state index contributed by atoms with van der Waals surface area (Å²) in [5, 5.41) is 0.254. The molecule has 2 atom stereocenters. The van der Waals surface area contributed by atoms with E-state index in [4.69, 9.17) is 11.6 Å². The Labute approximate surface area is 208 Å². The van der Waals surface area contributed by atoms with E-state index in [0.717, 1.165) is 30.8 Å². The molecule has 0 aliphatic carbocycles. The molecule has 34 heavy (non-hydrogen) atoms. The fourth-order valence-corrected chi connectivity index (χ4v) is 7.00. The summed E-state index contributed by atoms with van der Waals surface area (Å²) in [5.41, 5.74) is 5.12. The van der Waals surface area contributed by atoms with E-state index in [-0.39, 0.29) is 17.1 Å². The van der Waals surface area contributed by atoms with Gasteiger partial charge in [-0.25, -0.2) is 0 Å². The van der Waals surface area contributed by atoms with Gasteiger partial charge in [-0.2, -0.15) is 0 Å². The Morgan fingerprint density at radius 2 is 1.68 bits per heavy atom. The lowest BCUT2D eigenvalue weighted by Gasteiger charge is -2.35. The second kappa shape index (κ2) is 8.15. The van der Waals surface area contributed by atoms with Gasteiger partial charge in [-0.3, -0.25) is 24.3 Å². The zero-order valence-electron chi connectivity index (χ0n) is 18.8. The summed E-state index contributed by atoms with van der Waals surface area (Å²) in [6.07, 6.45) is 0.964. The fourth-order valence-electron chi connectivity index (χ4n) is 5.34. The van der Waals surface area contributed by atoms with E-state index in [1.807, 2.05) is 48.2 Å². The van der Waals surface area contributed by atoms with Crippen molar-refractivity contribution in [2.45, 2.75) is 30.0 Å². The number of anilines is 2. The Morgan fingerprint density at radius 1 is 0.971 bits per heavy atom. The smallest absolute Gasteiger partial charge is 0.269 e. The summed E-state index contributed by atoms with van der Waals surface area (Å²) in [5.74, 6) is -0.130. The number of thioether (sulfide) groups is 1. The number of rotatable bonds is 3. The Balaban J connectivity index is 1.40. The second-order valence-corrected chi connectivity index (χ2v) is 11.0. The molecule has 6 rings (SSSR count). The third-order valence-electron chi connectivity index (χ3n) is 6.96. The van der Waals surface area contributed by atoms with E-state index in [1.54, 1.807) is 17.0 Å². The average molecular weight is 490 g/mol. The first-order valence-electron chi connectivity index (χ1n) is 11.5. The summed E-state index contributed by atoms with van der Waals surface area (Å²) in [6, 6.07) is 23.6. The van der Waals surface area contributed by atoms with Gasteiger partial charge in [0, 0.05) is 29.4 Å². The Morgan fingerprint density at radius 3 is 2.47 bits per heavy atom.